The van der Waals surface area contributed by atoms with Crippen molar-refractivity contribution in [1.82, 2.24) is 15.0 Å². The highest BCUT2D eigenvalue weighted by Crippen LogP contribution is 2.49. The average Bonchev–Trinajstić information content (AvgIpc) is 3.51. The number of nitrogens with zero attached hydrogens (tertiary/aromatic N) is 3. The fourth-order valence-electron chi connectivity index (χ4n) is 9.03. The first kappa shape index (κ1) is 33.1. The topological polar surface area (TPSA) is 38.7 Å². The molecule has 3 nitrogen and oxygen atoms in total. The van der Waals surface area contributed by atoms with Gasteiger partial charge in [-0.1, -0.05) is 178 Å². The monoisotopic (exact) mass is 727 g/mol. The van der Waals surface area contributed by atoms with Crippen molar-refractivity contribution in [1.29, 1.82) is 0 Å². The number of aromatic nitrogens is 3. The first-order valence-electron chi connectivity index (χ1n) is 19.6. The number of benzene rings is 9. The minimum absolute atomic E-state index is 0.0727. The van der Waals surface area contributed by atoms with Crippen molar-refractivity contribution >= 4 is 32.3 Å². The van der Waals surface area contributed by atoms with Gasteiger partial charge in [-0.3, -0.25) is 0 Å². The molecular formula is C54H37N3. The summed E-state index contributed by atoms with van der Waals surface area (Å²) < 4.78 is 0. The molecule has 0 saturated carbocycles. The summed E-state index contributed by atoms with van der Waals surface area (Å²) in [5.74, 6) is 1.95. The summed E-state index contributed by atoms with van der Waals surface area (Å²) >= 11 is 0. The molecule has 1 heterocycles. The Labute approximate surface area is 332 Å². The van der Waals surface area contributed by atoms with Gasteiger partial charge in [-0.2, -0.15) is 0 Å². The van der Waals surface area contributed by atoms with Gasteiger partial charge in [0.15, 0.2) is 17.5 Å². The van der Waals surface area contributed by atoms with Gasteiger partial charge < -0.3 is 0 Å². The van der Waals surface area contributed by atoms with Gasteiger partial charge in [-0.25, -0.2) is 15.0 Å². The summed E-state index contributed by atoms with van der Waals surface area (Å²) in [6, 6.07) is 67.5. The molecule has 0 saturated heterocycles. The van der Waals surface area contributed by atoms with Crippen molar-refractivity contribution in [2.24, 2.45) is 0 Å². The van der Waals surface area contributed by atoms with Crippen LogP contribution in [-0.2, 0) is 5.41 Å². The predicted molar refractivity (Wildman–Crippen MR) is 237 cm³/mol. The molecule has 0 spiro atoms. The van der Waals surface area contributed by atoms with E-state index in [-0.39, 0.29) is 5.41 Å². The van der Waals surface area contributed by atoms with Crippen LogP contribution in [0.3, 0.4) is 0 Å². The van der Waals surface area contributed by atoms with Crippen LogP contribution >= 0.6 is 0 Å². The Morgan fingerprint density at radius 2 is 0.877 bits per heavy atom. The van der Waals surface area contributed by atoms with E-state index in [1.54, 1.807) is 0 Å². The Hall–Kier alpha value is -7.23. The van der Waals surface area contributed by atoms with Crippen LogP contribution < -0.4 is 0 Å². The predicted octanol–water partition coefficient (Wildman–Crippen LogP) is 14.0. The van der Waals surface area contributed by atoms with Crippen molar-refractivity contribution in [3.63, 3.8) is 0 Å². The van der Waals surface area contributed by atoms with Gasteiger partial charge >= 0.3 is 0 Å². The van der Waals surface area contributed by atoms with Crippen LogP contribution in [0.4, 0.5) is 0 Å². The van der Waals surface area contributed by atoms with Crippen molar-refractivity contribution in [3.8, 4) is 67.5 Å². The molecule has 0 unspecified atom stereocenters. The summed E-state index contributed by atoms with van der Waals surface area (Å²) in [5.41, 5.74) is 12.7. The second-order valence-electron chi connectivity index (χ2n) is 15.6. The molecule has 0 amide bonds. The van der Waals surface area contributed by atoms with E-state index in [0.717, 1.165) is 27.8 Å². The summed E-state index contributed by atoms with van der Waals surface area (Å²) in [6.07, 6.45) is 0. The third-order valence-corrected chi connectivity index (χ3v) is 11.9. The maximum Gasteiger partial charge on any atom is 0.164 e. The minimum Gasteiger partial charge on any atom is -0.208 e. The lowest BCUT2D eigenvalue weighted by atomic mass is 9.82. The van der Waals surface area contributed by atoms with Crippen LogP contribution in [0.1, 0.15) is 25.0 Å². The third-order valence-electron chi connectivity index (χ3n) is 11.9. The lowest BCUT2D eigenvalue weighted by molar-refractivity contribution is 0.660. The highest BCUT2D eigenvalue weighted by Gasteiger charge is 2.35. The van der Waals surface area contributed by atoms with Gasteiger partial charge in [-0.15, -0.1) is 0 Å². The van der Waals surface area contributed by atoms with E-state index in [0.29, 0.717) is 17.5 Å². The van der Waals surface area contributed by atoms with Crippen LogP contribution in [0.2, 0.25) is 0 Å². The van der Waals surface area contributed by atoms with E-state index in [9.17, 15) is 0 Å². The molecule has 57 heavy (non-hydrogen) atoms. The first-order chi connectivity index (χ1) is 28.0. The normalized spacial score (nSPS) is 12.9. The lowest BCUT2D eigenvalue weighted by Gasteiger charge is -2.21. The Morgan fingerprint density at radius 1 is 0.316 bits per heavy atom. The van der Waals surface area contributed by atoms with E-state index in [1.807, 2.05) is 18.2 Å². The Balaban J connectivity index is 1.04. The van der Waals surface area contributed by atoms with E-state index >= 15 is 0 Å². The molecule has 0 radical (unpaired) electrons. The molecule has 268 valence electrons. The molecule has 0 aliphatic heterocycles. The highest BCUT2D eigenvalue weighted by molar-refractivity contribution is 6.20. The molecular weight excluding hydrogens is 691 g/mol. The van der Waals surface area contributed by atoms with Crippen LogP contribution in [0.25, 0.3) is 99.9 Å². The van der Waals surface area contributed by atoms with E-state index in [4.69, 9.17) is 15.0 Å². The zero-order valence-corrected chi connectivity index (χ0v) is 31.7. The molecule has 9 aromatic carbocycles. The van der Waals surface area contributed by atoms with Gasteiger partial charge in [0, 0.05) is 22.1 Å². The van der Waals surface area contributed by atoms with Crippen LogP contribution in [0.15, 0.2) is 188 Å². The molecule has 0 bridgehead atoms. The number of hydrogen-bond acceptors (Lipinski definition) is 3. The van der Waals surface area contributed by atoms with Gasteiger partial charge in [0.05, 0.1) is 0 Å². The maximum absolute atomic E-state index is 5.19. The van der Waals surface area contributed by atoms with E-state index < -0.39 is 0 Å². The van der Waals surface area contributed by atoms with Crippen molar-refractivity contribution < 1.29 is 0 Å². The van der Waals surface area contributed by atoms with Gasteiger partial charge in [0.25, 0.3) is 0 Å². The summed E-state index contributed by atoms with van der Waals surface area (Å²) in [4.78, 5) is 15.4. The first-order valence-corrected chi connectivity index (χ1v) is 19.6. The van der Waals surface area contributed by atoms with Gasteiger partial charge in [-0.05, 0) is 101 Å². The van der Waals surface area contributed by atoms with Crippen LogP contribution in [0, 0.1) is 0 Å². The molecule has 10 aromatic rings. The van der Waals surface area contributed by atoms with Crippen molar-refractivity contribution in [3.05, 3.63) is 199 Å². The molecule has 1 aromatic heterocycles. The summed E-state index contributed by atoms with van der Waals surface area (Å²) in [6.45, 7) is 4.61. The molecule has 0 atom stereocenters. The lowest BCUT2D eigenvalue weighted by Crippen LogP contribution is -2.14. The molecule has 3 heteroatoms. The zero-order valence-electron chi connectivity index (χ0n) is 31.7. The largest absolute Gasteiger partial charge is 0.208 e. The number of hydrogen-bond donors (Lipinski definition) is 0. The molecule has 1 aliphatic carbocycles. The fourth-order valence-corrected chi connectivity index (χ4v) is 9.03. The number of rotatable bonds is 5. The molecule has 11 rings (SSSR count). The Kier molecular flexibility index (Phi) is 7.52. The quantitative estimate of drug-likeness (QED) is 0.131. The third kappa shape index (κ3) is 5.46. The Bertz CT molecular complexity index is 3220. The van der Waals surface area contributed by atoms with Gasteiger partial charge in [0.1, 0.15) is 0 Å². The SMILES string of the molecule is CC1(C)c2ccccc2-c2cc(-c3nc(-c4ccccc4)nc(-c4cccc(-c5cccc(-c6c7ccccc7cc7c6ccc6ccccc67)c5)c4)n3)ccc21. The summed E-state index contributed by atoms with van der Waals surface area (Å²) in [5, 5.41) is 7.52. The van der Waals surface area contributed by atoms with Crippen molar-refractivity contribution in [2.45, 2.75) is 19.3 Å². The number of fused-ring (bicyclic) bond motifs is 7. The smallest absolute Gasteiger partial charge is 0.164 e. The molecule has 0 fully saturated rings. The van der Waals surface area contributed by atoms with Crippen molar-refractivity contribution in [2.75, 3.05) is 0 Å². The second-order valence-corrected chi connectivity index (χ2v) is 15.6. The molecule has 1 aliphatic rings. The second kappa shape index (κ2) is 12.9. The highest BCUT2D eigenvalue weighted by atomic mass is 15.0. The van der Waals surface area contributed by atoms with Crippen LogP contribution in [0.5, 0.6) is 0 Å². The minimum atomic E-state index is -0.0727. The fraction of sp³-hybridized carbons (Fsp3) is 0.0556. The van der Waals surface area contributed by atoms with Crippen LogP contribution in [-0.4, -0.2) is 15.0 Å². The Morgan fingerprint density at radius 3 is 1.67 bits per heavy atom. The maximum atomic E-state index is 5.19. The summed E-state index contributed by atoms with van der Waals surface area (Å²) in [7, 11) is 0. The standard InChI is InChI=1S/C54H37N3/c1-54(2)48-25-11-10-24-44(48)47-33-41(27-29-49(47)54)53-56-51(35-15-4-3-5-16-35)55-52(57-53)40-21-13-19-37(31-40)36-18-12-20-39(30-36)50-43-23-9-7-17-38(43)32-46-42-22-8-6-14-34(42)26-28-45(46)50/h3-33H,1-2H3. The molecule has 0 N–H and O–H groups in total. The van der Waals surface area contributed by atoms with E-state index in [1.165, 1.54) is 65.7 Å². The average molecular weight is 728 g/mol. The van der Waals surface area contributed by atoms with E-state index in [2.05, 4.69) is 184 Å². The zero-order chi connectivity index (χ0) is 38.1. The van der Waals surface area contributed by atoms with Gasteiger partial charge in [0.2, 0.25) is 0 Å².